The highest BCUT2D eigenvalue weighted by molar-refractivity contribution is 9.10. The molecule has 3 rings (SSSR count). The molecule has 0 atom stereocenters. The predicted octanol–water partition coefficient (Wildman–Crippen LogP) is 6.01. The Morgan fingerprint density at radius 3 is 2.38 bits per heavy atom. The third-order valence-corrected chi connectivity index (χ3v) is 5.02. The van der Waals surface area contributed by atoms with Crippen molar-refractivity contribution in [3.05, 3.63) is 68.2 Å². The van der Waals surface area contributed by atoms with E-state index in [9.17, 15) is 10.1 Å². The molecule has 148 valence electrons. The molecule has 0 aliphatic heterocycles. The number of nitriles is 1. The van der Waals surface area contributed by atoms with E-state index in [0.29, 0.717) is 21.4 Å². The molecule has 1 amide bonds. The Morgan fingerprint density at radius 2 is 1.83 bits per heavy atom. The molecule has 0 aliphatic carbocycles. The summed E-state index contributed by atoms with van der Waals surface area (Å²) in [5.41, 5.74) is 1.43. The number of benzene rings is 2. The van der Waals surface area contributed by atoms with E-state index in [1.165, 1.54) is 4.68 Å². The largest absolute Gasteiger partial charge is 0.346 e. The maximum Gasteiger partial charge on any atom is 0.273 e. The average molecular weight is 492 g/mol. The van der Waals surface area contributed by atoms with Crippen molar-refractivity contribution in [3.63, 3.8) is 0 Å². The molecule has 0 radical (unpaired) electrons. The van der Waals surface area contributed by atoms with Crippen molar-refractivity contribution in [2.75, 3.05) is 0 Å². The number of amides is 1. The number of rotatable bonds is 3. The van der Waals surface area contributed by atoms with Gasteiger partial charge in [-0.25, -0.2) is 4.68 Å². The summed E-state index contributed by atoms with van der Waals surface area (Å²) in [6.45, 7) is 5.58. The van der Waals surface area contributed by atoms with E-state index < -0.39 is 11.4 Å². The number of carbonyl (C=O) groups excluding carboxylic acids is 1. The summed E-state index contributed by atoms with van der Waals surface area (Å²) in [4.78, 5) is 12.9. The van der Waals surface area contributed by atoms with Gasteiger partial charge in [0, 0.05) is 20.6 Å². The van der Waals surface area contributed by atoms with E-state index in [4.69, 9.17) is 23.2 Å². The molecule has 29 heavy (non-hydrogen) atoms. The Hall–Kier alpha value is -2.33. The molecule has 2 aromatic carbocycles. The van der Waals surface area contributed by atoms with Crippen LogP contribution < -0.4 is 5.32 Å². The van der Waals surface area contributed by atoms with Crippen molar-refractivity contribution < 1.29 is 4.79 Å². The van der Waals surface area contributed by atoms with Gasteiger partial charge in [0.25, 0.3) is 5.91 Å². The maximum atomic E-state index is 12.9. The smallest absolute Gasteiger partial charge is 0.273 e. The maximum absolute atomic E-state index is 12.9. The molecular weight excluding hydrogens is 475 g/mol. The van der Waals surface area contributed by atoms with Crippen LogP contribution in [0.25, 0.3) is 16.9 Å². The van der Waals surface area contributed by atoms with Crippen LogP contribution in [-0.4, -0.2) is 21.2 Å². The summed E-state index contributed by atoms with van der Waals surface area (Å²) in [6, 6.07) is 14.5. The van der Waals surface area contributed by atoms with Crippen LogP contribution in [0.5, 0.6) is 0 Å². The third kappa shape index (κ3) is 4.64. The summed E-state index contributed by atoms with van der Waals surface area (Å²) >= 11 is 15.8. The minimum absolute atomic E-state index is 0.0337. The first-order chi connectivity index (χ1) is 13.6. The SMILES string of the molecule is CC(C)(C)NC(=O)c1nn(-c2ccc(Cl)cc2Cl)c(-c2ccc(Br)cc2)c1C#N. The Labute approximate surface area is 187 Å². The van der Waals surface area contributed by atoms with Crippen LogP contribution in [-0.2, 0) is 0 Å². The summed E-state index contributed by atoms with van der Waals surface area (Å²) in [7, 11) is 0. The molecule has 0 saturated carbocycles. The lowest BCUT2D eigenvalue weighted by molar-refractivity contribution is 0.0913. The van der Waals surface area contributed by atoms with Gasteiger partial charge in [-0.3, -0.25) is 4.79 Å². The van der Waals surface area contributed by atoms with Crippen molar-refractivity contribution in [2.24, 2.45) is 0 Å². The zero-order chi connectivity index (χ0) is 21.3. The van der Waals surface area contributed by atoms with Crippen molar-refractivity contribution >= 4 is 45.0 Å². The fraction of sp³-hybridized carbons (Fsp3) is 0.190. The standard InChI is InChI=1S/C21H17BrCl2N4O/c1-21(2,3)26-20(29)18-15(11-25)19(12-4-6-13(22)7-5-12)28(27-18)17-9-8-14(23)10-16(17)24/h4-10H,1-3H3,(H,26,29). The van der Waals surface area contributed by atoms with E-state index in [1.807, 2.05) is 45.0 Å². The Bertz CT molecular complexity index is 1130. The number of hydrogen-bond donors (Lipinski definition) is 1. The third-order valence-electron chi connectivity index (χ3n) is 3.96. The van der Waals surface area contributed by atoms with E-state index in [2.05, 4.69) is 32.4 Å². The van der Waals surface area contributed by atoms with Gasteiger partial charge in [-0.05, 0) is 51.1 Å². The average Bonchev–Trinajstić information content (AvgIpc) is 3.00. The van der Waals surface area contributed by atoms with Gasteiger partial charge in [-0.1, -0.05) is 51.3 Å². The van der Waals surface area contributed by atoms with Crippen LogP contribution in [0.4, 0.5) is 0 Å². The minimum Gasteiger partial charge on any atom is -0.346 e. The van der Waals surface area contributed by atoms with Gasteiger partial charge in [0.2, 0.25) is 0 Å². The molecular formula is C21H17BrCl2N4O. The summed E-state index contributed by atoms with van der Waals surface area (Å²) in [5.74, 6) is -0.434. The molecule has 1 heterocycles. The second-order valence-electron chi connectivity index (χ2n) is 7.40. The molecule has 0 spiro atoms. The summed E-state index contributed by atoms with van der Waals surface area (Å²) < 4.78 is 2.40. The van der Waals surface area contributed by atoms with Crippen LogP contribution in [0.3, 0.4) is 0 Å². The first kappa shape index (κ1) is 21.4. The summed E-state index contributed by atoms with van der Waals surface area (Å²) in [6.07, 6.45) is 0. The van der Waals surface area contributed by atoms with Crippen LogP contribution >= 0.6 is 39.1 Å². The molecule has 0 aliphatic rings. The normalized spacial score (nSPS) is 11.2. The van der Waals surface area contributed by atoms with Gasteiger partial charge in [0.15, 0.2) is 5.69 Å². The van der Waals surface area contributed by atoms with Crippen molar-refractivity contribution in [1.82, 2.24) is 15.1 Å². The molecule has 3 aromatic rings. The lowest BCUT2D eigenvalue weighted by Crippen LogP contribution is -2.41. The quantitative estimate of drug-likeness (QED) is 0.487. The lowest BCUT2D eigenvalue weighted by atomic mass is 10.0. The van der Waals surface area contributed by atoms with Crippen LogP contribution in [0.1, 0.15) is 36.8 Å². The molecule has 0 bridgehead atoms. The number of halogens is 3. The van der Waals surface area contributed by atoms with Crippen molar-refractivity contribution in [2.45, 2.75) is 26.3 Å². The number of aromatic nitrogens is 2. The van der Waals surface area contributed by atoms with Crippen molar-refractivity contribution in [3.8, 4) is 23.0 Å². The first-order valence-electron chi connectivity index (χ1n) is 8.67. The minimum atomic E-state index is -0.483. The van der Waals surface area contributed by atoms with E-state index in [-0.39, 0.29) is 11.3 Å². The van der Waals surface area contributed by atoms with E-state index in [1.54, 1.807) is 18.2 Å². The zero-order valence-corrected chi connectivity index (χ0v) is 19.0. The van der Waals surface area contributed by atoms with Gasteiger partial charge in [0.1, 0.15) is 11.6 Å². The molecule has 8 heteroatoms. The monoisotopic (exact) mass is 490 g/mol. The van der Waals surface area contributed by atoms with Gasteiger partial charge < -0.3 is 5.32 Å². The first-order valence-corrected chi connectivity index (χ1v) is 10.2. The highest BCUT2D eigenvalue weighted by atomic mass is 79.9. The fourth-order valence-electron chi connectivity index (χ4n) is 2.78. The highest BCUT2D eigenvalue weighted by Gasteiger charge is 2.27. The van der Waals surface area contributed by atoms with Gasteiger partial charge in [-0.15, -0.1) is 0 Å². The highest BCUT2D eigenvalue weighted by Crippen LogP contribution is 2.33. The van der Waals surface area contributed by atoms with E-state index >= 15 is 0 Å². The van der Waals surface area contributed by atoms with E-state index in [0.717, 1.165) is 10.0 Å². The van der Waals surface area contributed by atoms with Crippen molar-refractivity contribution in [1.29, 1.82) is 5.26 Å². The zero-order valence-electron chi connectivity index (χ0n) is 15.9. The number of hydrogen-bond acceptors (Lipinski definition) is 3. The second-order valence-corrected chi connectivity index (χ2v) is 9.16. The van der Waals surface area contributed by atoms with Gasteiger partial charge >= 0.3 is 0 Å². The number of nitrogens with one attached hydrogen (secondary N) is 1. The number of carbonyl (C=O) groups is 1. The van der Waals surface area contributed by atoms with Crippen LogP contribution in [0.15, 0.2) is 46.9 Å². The lowest BCUT2D eigenvalue weighted by Gasteiger charge is -2.19. The van der Waals surface area contributed by atoms with Gasteiger partial charge in [0.05, 0.1) is 16.4 Å². The Kier molecular flexibility index (Phi) is 6.04. The second kappa shape index (κ2) is 8.19. The summed E-state index contributed by atoms with van der Waals surface area (Å²) in [5, 5.41) is 18.0. The molecule has 0 unspecified atom stereocenters. The predicted molar refractivity (Wildman–Crippen MR) is 119 cm³/mol. The number of nitrogens with zero attached hydrogens (tertiary/aromatic N) is 3. The molecule has 0 fully saturated rings. The van der Waals surface area contributed by atoms with Crippen LogP contribution in [0.2, 0.25) is 10.0 Å². The topological polar surface area (TPSA) is 70.7 Å². The fourth-order valence-corrected chi connectivity index (χ4v) is 3.54. The Balaban J connectivity index is 2.30. The van der Waals surface area contributed by atoms with Gasteiger partial charge in [-0.2, -0.15) is 10.4 Å². The molecule has 1 N–H and O–H groups in total. The molecule has 0 saturated heterocycles. The van der Waals surface area contributed by atoms with Crippen LogP contribution in [0, 0.1) is 11.3 Å². The molecule has 5 nitrogen and oxygen atoms in total. The Morgan fingerprint density at radius 1 is 1.17 bits per heavy atom. The molecule has 1 aromatic heterocycles.